The first-order valence-corrected chi connectivity index (χ1v) is 9.06. The number of benzene rings is 2. The van der Waals surface area contributed by atoms with E-state index < -0.39 is 0 Å². The first-order chi connectivity index (χ1) is 12.6. The van der Waals surface area contributed by atoms with Crippen molar-refractivity contribution < 1.29 is 9.32 Å². The van der Waals surface area contributed by atoms with Crippen LogP contribution in [-0.2, 0) is 0 Å². The van der Waals surface area contributed by atoms with Crippen LogP contribution in [0, 0.1) is 6.92 Å². The highest BCUT2D eigenvalue weighted by atomic mass is 35.5. The normalized spacial score (nSPS) is 16.8. The van der Waals surface area contributed by atoms with Crippen molar-refractivity contribution >= 4 is 17.5 Å². The molecule has 1 aromatic heterocycles. The van der Waals surface area contributed by atoms with Crippen molar-refractivity contribution in [3.63, 3.8) is 0 Å². The third-order valence-electron chi connectivity index (χ3n) is 4.94. The highest BCUT2D eigenvalue weighted by molar-refractivity contribution is 6.31. The molecule has 1 saturated heterocycles. The van der Waals surface area contributed by atoms with Gasteiger partial charge in [0.2, 0.25) is 0 Å². The Labute approximate surface area is 157 Å². The Hall–Kier alpha value is -2.59. The maximum Gasteiger partial charge on any atom is 0.259 e. The fourth-order valence-electron chi connectivity index (χ4n) is 3.48. The van der Waals surface area contributed by atoms with Crippen LogP contribution in [0.4, 0.5) is 0 Å². The summed E-state index contributed by atoms with van der Waals surface area (Å²) < 4.78 is 5.38. The maximum atomic E-state index is 13.0. The standard InChI is InChI=1S/C21H19ClN2O2/c1-14-6-8-15(9-7-14)20-18(12-23-26-20)21(25)24-11-10-16(13-24)17-4-2-3-5-19(17)22/h2-9,12,16H,10-11,13H2,1H3. The molecule has 5 heteroatoms. The molecule has 3 aromatic rings. The van der Waals surface area contributed by atoms with Crippen molar-refractivity contribution in [1.29, 1.82) is 0 Å². The third kappa shape index (κ3) is 3.13. The van der Waals surface area contributed by atoms with E-state index in [0.717, 1.165) is 28.1 Å². The smallest absolute Gasteiger partial charge is 0.259 e. The predicted octanol–water partition coefficient (Wildman–Crippen LogP) is 4.93. The predicted molar refractivity (Wildman–Crippen MR) is 101 cm³/mol. The first kappa shape index (κ1) is 16.9. The van der Waals surface area contributed by atoms with Crippen molar-refractivity contribution in [2.75, 3.05) is 13.1 Å². The number of halogens is 1. The summed E-state index contributed by atoms with van der Waals surface area (Å²) in [7, 11) is 0. The van der Waals surface area contributed by atoms with Gasteiger partial charge < -0.3 is 9.42 Å². The van der Waals surface area contributed by atoms with E-state index in [1.807, 2.05) is 60.4 Å². The minimum absolute atomic E-state index is 0.0450. The van der Waals surface area contributed by atoms with E-state index in [4.69, 9.17) is 16.1 Å². The number of likely N-dealkylation sites (tertiary alicyclic amines) is 1. The summed E-state index contributed by atoms with van der Waals surface area (Å²) in [6.07, 6.45) is 2.42. The number of carbonyl (C=O) groups excluding carboxylic acids is 1. The fourth-order valence-corrected chi connectivity index (χ4v) is 3.77. The Kier molecular flexibility index (Phi) is 4.51. The second-order valence-corrected chi connectivity index (χ2v) is 7.10. The van der Waals surface area contributed by atoms with Crippen molar-refractivity contribution in [3.05, 3.63) is 76.4 Å². The molecule has 0 saturated carbocycles. The number of hydrogen-bond acceptors (Lipinski definition) is 3. The van der Waals surface area contributed by atoms with Gasteiger partial charge in [-0.1, -0.05) is 64.8 Å². The molecule has 132 valence electrons. The Morgan fingerprint density at radius 2 is 1.96 bits per heavy atom. The molecule has 4 rings (SSSR count). The lowest BCUT2D eigenvalue weighted by atomic mass is 9.98. The molecule has 1 aliphatic heterocycles. The summed E-state index contributed by atoms with van der Waals surface area (Å²) in [6, 6.07) is 15.7. The van der Waals surface area contributed by atoms with E-state index in [0.29, 0.717) is 24.4 Å². The highest BCUT2D eigenvalue weighted by Crippen LogP contribution is 2.33. The number of amides is 1. The SMILES string of the molecule is Cc1ccc(-c2oncc2C(=O)N2CCC(c3ccccc3Cl)C2)cc1. The summed E-state index contributed by atoms with van der Waals surface area (Å²) in [5.41, 5.74) is 3.63. The van der Waals surface area contributed by atoms with Crippen LogP contribution in [0.3, 0.4) is 0 Å². The summed E-state index contributed by atoms with van der Waals surface area (Å²) in [5, 5.41) is 4.62. The van der Waals surface area contributed by atoms with E-state index in [1.54, 1.807) is 0 Å². The number of aromatic nitrogens is 1. The van der Waals surface area contributed by atoms with Gasteiger partial charge in [-0.15, -0.1) is 0 Å². The molecule has 4 nitrogen and oxygen atoms in total. The van der Waals surface area contributed by atoms with Gasteiger partial charge in [-0.25, -0.2) is 0 Å². The summed E-state index contributed by atoms with van der Waals surface area (Å²) >= 11 is 6.32. The molecule has 1 fully saturated rings. The average Bonchev–Trinajstić information content (AvgIpc) is 3.32. The molecule has 26 heavy (non-hydrogen) atoms. The average molecular weight is 367 g/mol. The topological polar surface area (TPSA) is 46.3 Å². The molecule has 2 aromatic carbocycles. The van der Waals surface area contributed by atoms with Crippen molar-refractivity contribution in [1.82, 2.24) is 10.1 Å². The minimum atomic E-state index is -0.0450. The number of hydrogen-bond donors (Lipinski definition) is 0. The van der Waals surface area contributed by atoms with Crippen LogP contribution in [0.25, 0.3) is 11.3 Å². The molecular weight excluding hydrogens is 348 g/mol. The third-order valence-corrected chi connectivity index (χ3v) is 5.28. The van der Waals surface area contributed by atoms with E-state index in [9.17, 15) is 4.79 Å². The maximum absolute atomic E-state index is 13.0. The van der Waals surface area contributed by atoms with Crippen LogP contribution in [-0.4, -0.2) is 29.1 Å². The fraction of sp³-hybridized carbons (Fsp3) is 0.238. The van der Waals surface area contributed by atoms with E-state index in [2.05, 4.69) is 5.16 Å². The Bertz CT molecular complexity index is 933. The molecule has 0 bridgehead atoms. The van der Waals surface area contributed by atoms with Crippen LogP contribution in [0.1, 0.15) is 33.8 Å². The lowest BCUT2D eigenvalue weighted by Gasteiger charge is -2.17. The molecule has 0 spiro atoms. The van der Waals surface area contributed by atoms with Gasteiger partial charge in [0, 0.05) is 29.6 Å². The van der Waals surface area contributed by atoms with Gasteiger partial charge in [-0.3, -0.25) is 4.79 Å². The monoisotopic (exact) mass is 366 g/mol. The Morgan fingerprint density at radius 1 is 1.19 bits per heavy atom. The zero-order valence-corrected chi connectivity index (χ0v) is 15.2. The van der Waals surface area contributed by atoms with E-state index in [-0.39, 0.29) is 11.8 Å². The van der Waals surface area contributed by atoms with Crippen molar-refractivity contribution in [3.8, 4) is 11.3 Å². The van der Waals surface area contributed by atoms with Crippen LogP contribution < -0.4 is 0 Å². The molecule has 1 amide bonds. The van der Waals surface area contributed by atoms with E-state index >= 15 is 0 Å². The number of nitrogens with zero attached hydrogens (tertiary/aromatic N) is 2. The molecule has 0 radical (unpaired) electrons. The summed E-state index contributed by atoms with van der Waals surface area (Å²) in [5.74, 6) is 0.739. The second kappa shape index (κ2) is 6.96. The first-order valence-electron chi connectivity index (χ1n) is 8.69. The van der Waals surface area contributed by atoms with Crippen LogP contribution in [0.2, 0.25) is 5.02 Å². The Morgan fingerprint density at radius 3 is 2.73 bits per heavy atom. The van der Waals surface area contributed by atoms with Crippen LogP contribution in [0.5, 0.6) is 0 Å². The Balaban J connectivity index is 1.55. The summed E-state index contributed by atoms with van der Waals surface area (Å²) in [6.45, 7) is 3.38. The lowest BCUT2D eigenvalue weighted by molar-refractivity contribution is 0.0791. The van der Waals surface area contributed by atoms with Crippen molar-refractivity contribution in [2.24, 2.45) is 0 Å². The number of aryl methyl sites for hydroxylation is 1. The van der Waals surface area contributed by atoms with Gasteiger partial charge in [0.25, 0.3) is 5.91 Å². The van der Waals surface area contributed by atoms with Crippen LogP contribution in [0.15, 0.2) is 59.3 Å². The van der Waals surface area contributed by atoms with Gasteiger partial charge in [0.1, 0.15) is 5.56 Å². The second-order valence-electron chi connectivity index (χ2n) is 6.69. The van der Waals surface area contributed by atoms with Gasteiger partial charge >= 0.3 is 0 Å². The lowest BCUT2D eigenvalue weighted by Crippen LogP contribution is -2.28. The van der Waals surface area contributed by atoms with Gasteiger partial charge in [-0.05, 0) is 25.0 Å². The zero-order valence-electron chi connectivity index (χ0n) is 14.5. The number of carbonyl (C=O) groups is 1. The molecule has 2 heterocycles. The number of rotatable bonds is 3. The van der Waals surface area contributed by atoms with Gasteiger partial charge in [0.15, 0.2) is 5.76 Å². The molecule has 1 aliphatic rings. The highest BCUT2D eigenvalue weighted by Gasteiger charge is 2.31. The molecule has 1 unspecified atom stereocenters. The van der Waals surface area contributed by atoms with Crippen LogP contribution >= 0.6 is 11.6 Å². The molecular formula is C21H19ClN2O2. The quantitative estimate of drug-likeness (QED) is 0.660. The van der Waals surface area contributed by atoms with Crippen molar-refractivity contribution in [2.45, 2.75) is 19.3 Å². The van der Waals surface area contributed by atoms with Gasteiger partial charge in [0.05, 0.1) is 6.20 Å². The molecule has 1 atom stereocenters. The van der Waals surface area contributed by atoms with Gasteiger partial charge in [-0.2, -0.15) is 0 Å². The molecule has 0 aliphatic carbocycles. The zero-order chi connectivity index (χ0) is 18.1. The largest absolute Gasteiger partial charge is 0.355 e. The minimum Gasteiger partial charge on any atom is -0.355 e. The molecule has 0 N–H and O–H groups in total. The van der Waals surface area contributed by atoms with E-state index in [1.165, 1.54) is 6.20 Å². The summed E-state index contributed by atoms with van der Waals surface area (Å²) in [4.78, 5) is 14.9.